The van der Waals surface area contributed by atoms with E-state index in [1.165, 1.54) is 25.7 Å². The van der Waals surface area contributed by atoms with E-state index in [9.17, 15) is 4.79 Å². The molecule has 0 radical (unpaired) electrons. The fourth-order valence-corrected chi connectivity index (χ4v) is 2.76. The summed E-state index contributed by atoms with van der Waals surface area (Å²) >= 11 is 0. The molecule has 1 amide bonds. The van der Waals surface area contributed by atoms with Crippen molar-refractivity contribution in [2.45, 2.75) is 51.1 Å². The molecule has 2 aliphatic heterocycles. The number of carbonyl (C=O) groups is 1. The van der Waals surface area contributed by atoms with Gasteiger partial charge in [-0.15, -0.1) is 0 Å². The van der Waals surface area contributed by atoms with E-state index in [-0.39, 0.29) is 0 Å². The Morgan fingerprint density at radius 3 is 2.93 bits per heavy atom. The van der Waals surface area contributed by atoms with Crippen LogP contribution in [0, 0.1) is 0 Å². The molecule has 0 aliphatic carbocycles. The first-order valence-corrected chi connectivity index (χ1v) is 5.85. The SMILES string of the molecule is CCC(=O)N1CCC[C@H]1[C@@H]1CCCN1. The third-order valence-electron chi connectivity index (χ3n) is 3.48. The van der Waals surface area contributed by atoms with Gasteiger partial charge < -0.3 is 10.2 Å². The molecule has 80 valence electrons. The van der Waals surface area contributed by atoms with Crippen LogP contribution in [0.3, 0.4) is 0 Å². The number of amides is 1. The van der Waals surface area contributed by atoms with E-state index in [4.69, 9.17) is 0 Å². The fourth-order valence-electron chi connectivity index (χ4n) is 2.76. The highest BCUT2D eigenvalue weighted by Crippen LogP contribution is 2.25. The molecule has 2 saturated heterocycles. The molecular weight excluding hydrogens is 176 g/mol. The third-order valence-corrected chi connectivity index (χ3v) is 3.48. The van der Waals surface area contributed by atoms with E-state index in [2.05, 4.69) is 10.2 Å². The Kier molecular flexibility index (Phi) is 3.06. The molecule has 14 heavy (non-hydrogen) atoms. The predicted octanol–water partition coefficient (Wildman–Crippen LogP) is 1.14. The lowest BCUT2D eigenvalue weighted by molar-refractivity contribution is -0.132. The number of hydrogen-bond donors (Lipinski definition) is 1. The Hall–Kier alpha value is -0.570. The molecule has 0 aromatic heterocycles. The Labute approximate surface area is 85.8 Å². The minimum absolute atomic E-state index is 0.334. The van der Waals surface area contributed by atoms with Crippen LogP contribution in [-0.4, -0.2) is 36.0 Å². The number of hydrogen-bond acceptors (Lipinski definition) is 2. The number of nitrogens with one attached hydrogen (secondary N) is 1. The van der Waals surface area contributed by atoms with Crippen molar-refractivity contribution >= 4 is 5.91 Å². The Balaban J connectivity index is 1.98. The average Bonchev–Trinajstić information content (AvgIpc) is 2.85. The van der Waals surface area contributed by atoms with Crippen molar-refractivity contribution in [3.05, 3.63) is 0 Å². The molecule has 0 spiro atoms. The van der Waals surface area contributed by atoms with Gasteiger partial charge in [-0.1, -0.05) is 6.92 Å². The quantitative estimate of drug-likeness (QED) is 0.718. The summed E-state index contributed by atoms with van der Waals surface area (Å²) in [5.41, 5.74) is 0. The number of likely N-dealkylation sites (tertiary alicyclic amines) is 1. The summed E-state index contributed by atoms with van der Waals surface area (Å²) in [6.07, 6.45) is 5.56. The third kappa shape index (κ3) is 1.78. The van der Waals surface area contributed by atoms with Gasteiger partial charge in [-0.3, -0.25) is 4.79 Å². The van der Waals surface area contributed by atoms with Gasteiger partial charge in [0.15, 0.2) is 0 Å². The van der Waals surface area contributed by atoms with Gasteiger partial charge in [-0.05, 0) is 32.2 Å². The minimum Gasteiger partial charge on any atom is -0.338 e. The summed E-state index contributed by atoms with van der Waals surface area (Å²) in [5.74, 6) is 0.334. The van der Waals surface area contributed by atoms with Crippen molar-refractivity contribution < 1.29 is 4.79 Å². The molecule has 0 aromatic rings. The molecule has 3 heteroatoms. The number of carbonyl (C=O) groups excluding carboxylic acids is 1. The summed E-state index contributed by atoms with van der Waals surface area (Å²) in [6.45, 7) is 4.07. The Morgan fingerprint density at radius 2 is 2.29 bits per heavy atom. The van der Waals surface area contributed by atoms with Crippen molar-refractivity contribution in [3.8, 4) is 0 Å². The molecule has 0 aromatic carbocycles. The molecule has 0 saturated carbocycles. The minimum atomic E-state index is 0.334. The fraction of sp³-hybridized carbons (Fsp3) is 0.909. The highest BCUT2D eigenvalue weighted by atomic mass is 16.2. The second-order valence-corrected chi connectivity index (χ2v) is 4.35. The summed E-state index contributed by atoms with van der Waals surface area (Å²) in [4.78, 5) is 13.8. The molecule has 2 heterocycles. The van der Waals surface area contributed by atoms with Gasteiger partial charge in [0.05, 0.1) is 0 Å². The Morgan fingerprint density at radius 1 is 1.43 bits per heavy atom. The maximum Gasteiger partial charge on any atom is 0.222 e. The van der Waals surface area contributed by atoms with E-state index < -0.39 is 0 Å². The van der Waals surface area contributed by atoms with Crippen molar-refractivity contribution in [1.82, 2.24) is 10.2 Å². The first kappa shape index (κ1) is 9.97. The Bertz CT molecular complexity index is 211. The second kappa shape index (κ2) is 4.30. The molecule has 2 fully saturated rings. The zero-order valence-electron chi connectivity index (χ0n) is 8.96. The molecule has 2 rings (SSSR count). The van der Waals surface area contributed by atoms with Crippen LogP contribution in [0.5, 0.6) is 0 Å². The summed E-state index contributed by atoms with van der Waals surface area (Å²) in [5, 5.41) is 3.51. The zero-order chi connectivity index (χ0) is 9.97. The standard InChI is InChI=1S/C11H20N2O/c1-2-11(14)13-8-4-6-10(13)9-5-3-7-12-9/h9-10,12H,2-8H2,1H3/t9-,10-/m0/s1. The van der Waals surface area contributed by atoms with Gasteiger partial charge in [0.1, 0.15) is 0 Å². The van der Waals surface area contributed by atoms with Crippen molar-refractivity contribution in [3.63, 3.8) is 0 Å². The molecule has 3 nitrogen and oxygen atoms in total. The number of rotatable bonds is 2. The maximum absolute atomic E-state index is 11.7. The van der Waals surface area contributed by atoms with Crippen molar-refractivity contribution in [2.75, 3.05) is 13.1 Å². The average molecular weight is 196 g/mol. The van der Waals surface area contributed by atoms with Gasteiger partial charge >= 0.3 is 0 Å². The molecule has 2 aliphatic rings. The first-order valence-electron chi connectivity index (χ1n) is 5.85. The molecule has 0 unspecified atom stereocenters. The predicted molar refractivity (Wildman–Crippen MR) is 56.1 cm³/mol. The molecule has 1 N–H and O–H groups in total. The van der Waals surface area contributed by atoms with E-state index in [0.29, 0.717) is 24.4 Å². The zero-order valence-corrected chi connectivity index (χ0v) is 8.96. The van der Waals surface area contributed by atoms with Crippen LogP contribution < -0.4 is 5.32 Å². The topological polar surface area (TPSA) is 32.3 Å². The van der Waals surface area contributed by atoms with Crippen LogP contribution in [-0.2, 0) is 4.79 Å². The van der Waals surface area contributed by atoms with E-state index in [1.54, 1.807) is 0 Å². The lowest BCUT2D eigenvalue weighted by atomic mass is 10.0. The van der Waals surface area contributed by atoms with E-state index in [0.717, 1.165) is 13.1 Å². The second-order valence-electron chi connectivity index (χ2n) is 4.35. The summed E-state index contributed by atoms with van der Waals surface area (Å²) in [7, 11) is 0. The lowest BCUT2D eigenvalue weighted by Gasteiger charge is -2.29. The molecule has 2 atom stereocenters. The smallest absolute Gasteiger partial charge is 0.222 e. The van der Waals surface area contributed by atoms with E-state index in [1.807, 2.05) is 6.92 Å². The highest BCUT2D eigenvalue weighted by molar-refractivity contribution is 5.76. The molecular formula is C11H20N2O. The maximum atomic E-state index is 11.7. The lowest BCUT2D eigenvalue weighted by Crippen LogP contribution is -2.46. The van der Waals surface area contributed by atoms with Crippen LogP contribution in [0.4, 0.5) is 0 Å². The van der Waals surface area contributed by atoms with E-state index >= 15 is 0 Å². The van der Waals surface area contributed by atoms with Gasteiger partial charge in [0.2, 0.25) is 5.91 Å². The largest absolute Gasteiger partial charge is 0.338 e. The van der Waals surface area contributed by atoms with Crippen LogP contribution >= 0.6 is 0 Å². The molecule has 0 bridgehead atoms. The highest BCUT2D eigenvalue weighted by Gasteiger charge is 2.34. The van der Waals surface area contributed by atoms with Crippen molar-refractivity contribution in [2.24, 2.45) is 0 Å². The van der Waals surface area contributed by atoms with Gasteiger partial charge in [-0.2, -0.15) is 0 Å². The normalized spacial score (nSPS) is 32.5. The van der Waals surface area contributed by atoms with Gasteiger partial charge in [-0.25, -0.2) is 0 Å². The van der Waals surface area contributed by atoms with Gasteiger partial charge in [0, 0.05) is 25.0 Å². The van der Waals surface area contributed by atoms with Crippen molar-refractivity contribution in [1.29, 1.82) is 0 Å². The number of nitrogens with zero attached hydrogens (tertiary/aromatic N) is 1. The van der Waals surface area contributed by atoms with Crippen LogP contribution in [0.2, 0.25) is 0 Å². The monoisotopic (exact) mass is 196 g/mol. The first-order chi connectivity index (χ1) is 6.83. The van der Waals surface area contributed by atoms with Gasteiger partial charge in [0.25, 0.3) is 0 Å². The van der Waals surface area contributed by atoms with Crippen LogP contribution in [0.25, 0.3) is 0 Å². The summed E-state index contributed by atoms with van der Waals surface area (Å²) < 4.78 is 0. The van der Waals surface area contributed by atoms with Crippen LogP contribution in [0.1, 0.15) is 39.0 Å². The summed E-state index contributed by atoms with van der Waals surface area (Å²) in [6, 6.07) is 1.07. The van der Waals surface area contributed by atoms with Crippen LogP contribution in [0.15, 0.2) is 0 Å².